The van der Waals surface area contributed by atoms with Crippen molar-refractivity contribution in [1.29, 1.82) is 0 Å². The van der Waals surface area contributed by atoms with Gasteiger partial charge in [-0.3, -0.25) is 0 Å². The summed E-state index contributed by atoms with van der Waals surface area (Å²) in [6, 6.07) is 13.1. The molecule has 10 nitrogen and oxygen atoms in total. The fraction of sp³-hybridized carbons (Fsp3) is 0.323. The van der Waals surface area contributed by atoms with Crippen molar-refractivity contribution >= 4 is 33.1 Å². The minimum atomic E-state index is -3.83. The van der Waals surface area contributed by atoms with Gasteiger partial charge in [-0.2, -0.15) is 0 Å². The molecule has 1 saturated carbocycles. The average Bonchev–Trinajstić information content (AvgIpc) is 3.68. The maximum absolute atomic E-state index is 15.3. The maximum atomic E-state index is 15.3. The van der Waals surface area contributed by atoms with Crippen molar-refractivity contribution in [3.63, 3.8) is 0 Å². The van der Waals surface area contributed by atoms with Crippen molar-refractivity contribution in [2.45, 2.75) is 63.3 Å². The number of carboxylic acids is 1. The van der Waals surface area contributed by atoms with Gasteiger partial charge in [0.05, 0.1) is 11.1 Å². The first-order valence-corrected chi connectivity index (χ1v) is 15.4. The number of carboxylic acid groups (broad SMARTS) is 1. The predicted molar refractivity (Wildman–Crippen MR) is 157 cm³/mol. The number of hydrogen-bond acceptors (Lipinski definition) is 7. The molecule has 0 radical (unpaired) electrons. The van der Waals surface area contributed by atoms with Crippen molar-refractivity contribution in [3.8, 4) is 11.5 Å². The number of halogens is 1. The van der Waals surface area contributed by atoms with Crippen LogP contribution in [0.4, 0.5) is 9.18 Å². The minimum Gasteiger partial charge on any atom is -0.480 e. The molecule has 43 heavy (non-hydrogen) atoms. The van der Waals surface area contributed by atoms with Crippen molar-refractivity contribution < 1.29 is 37.0 Å². The van der Waals surface area contributed by atoms with Gasteiger partial charge in [0.25, 0.3) is 0 Å². The minimum absolute atomic E-state index is 0.134. The number of carbonyl (C=O) groups is 2. The fourth-order valence-electron chi connectivity index (χ4n) is 4.74. The van der Waals surface area contributed by atoms with Gasteiger partial charge in [-0.1, -0.05) is 36.4 Å². The van der Waals surface area contributed by atoms with Crippen molar-refractivity contribution in [3.05, 3.63) is 89.5 Å². The van der Waals surface area contributed by atoms with Gasteiger partial charge in [-0.05, 0) is 74.4 Å². The quantitative estimate of drug-likeness (QED) is 0.232. The number of carbonyl (C=O) groups excluding carboxylic acids is 1. The summed E-state index contributed by atoms with van der Waals surface area (Å²) >= 11 is 0. The van der Waals surface area contributed by atoms with Crippen molar-refractivity contribution in [2.75, 3.05) is 0 Å². The van der Waals surface area contributed by atoms with Gasteiger partial charge in [-0.25, -0.2) is 31.4 Å². The molecule has 0 spiro atoms. The molecule has 2 N–H and O–H groups in total. The van der Waals surface area contributed by atoms with E-state index in [1.807, 2.05) is 6.07 Å². The fourth-order valence-corrected chi connectivity index (χ4v) is 6.17. The highest BCUT2D eigenvalue weighted by Gasteiger charge is 2.32. The second kappa shape index (κ2) is 11.7. The van der Waals surface area contributed by atoms with Gasteiger partial charge in [0, 0.05) is 18.8 Å². The molecule has 12 heteroatoms. The first-order chi connectivity index (χ1) is 20.3. The molecular formula is C31H32FN3O7S. The van der Waals surface area contributed by atoms with Crippen LogP contribution in [-0.4, -0.2) is 46.2 Å². The lowest BCUT2D eigenvalue weighted by Gasteiger charge is -2.22. The van der Waals surface area contributed by atoms with E-state index in [1.165, 1.54) is 22.3 Å². The van der Waals surface area contributed by atoms with E-state index < -0.39 is 39.5 Å². The van der Waals surface area contributed by atoms with Crippen molar-refractivity contribution in [2.24, 2.45) is 0 Å². The van der Waals surface area contributed by atoms with Gasteiger partial charge < -0.3 is 19.9 Å². The first-order valence-electron chi connectivity index (χ1n) is 13.8. The lowest BCUT2D eigenvalue weighted by Crippen LogP contribution is -2.44. The van der Waals surface area contributed by atoms with Crippen LogP contribution in [0.5, 0.6) is 11.5 Å². The molecule has 226 valence electrons. The molecule has 1 atom stereocenters. The molecule has 1 fully saturated rings. The molecule has 1 amide bonds. The Balaban J connectivity index is 1.41. The van der Waals surface area contributed by atoms with Crippen LogP contribution in [0.15, 0.2) is 67.0 Å². The van der Waals surface area contributed by atoms with E-state index in [2.05, 4.69) is 10.3 Å². The smallest absolute Gasteiger partial charge is 0.408 e. The molecule has 4 aromatic rings. The molecule has 0 saturated heterocycles. The third-order valence-corrected chi connectivity index (χ3v) is 8.38. The highest BCUT2D eigenvalue weighted by molar-refractivity contribution is 7.89. The largest absolute Gasteiger partial charge is 0.480 e. The van der Waals surface area contributed by atoms with Crippen molar-refractivity contribution in [1.82, 2.24) is 14.3 Å². The Bertz CT molecular complexity index is 1780. The molecule has 0 aliphatic heterocycles. The normalized spacial score (nSPS) is 14.3. The summed E-state index contributed by atoms with van der Waals surface area (Å²) in [5, 5.41) is 12.4. The van der Waals surface area contributed by atoms with Gasteiger partial charge >= 0.3 is 12.1 Å². The number of fused-ring (bicyclic) bond motifs is 1. The highest BCUT2D eigenvalue weighted by atomic mass is 32.2. The van der Waals surface area contributed by atoms with E-state index >= 15 is 4.39 Å². The molecule has 5 rings (SSSR count). The molecule has 0 bridgehead atoms. The summed E-state index contributed by atoms with van der Waals surface area (Å²) in [5.74, 6) is -2.02. The average molecular weight is 610 g/mol. The lowest BCUT2D eigenvalue weighted by molar-refractivity contribution is -0.139. The number of benzene rings is 2. The standard InChI is InChI=1S/C31H32FN3O7S/c1-31(2,3)42-30(38)34-24(29(36)37)16-20-9-12-25(23(32)15-20)41-26-13-14-33-28-27(26)22(21-10-11-21)17-35(28)43(39,40)18-19-7-5-4-6-8-19/h4-9,12-15,17,21,24H,10-11,16,18H2,1-3H3,(H,34,38)(H,36,37). The Labute approximate surface area is 248 Å². The van der Waals surface area contributed by atoms with Gasteiger partial charge in [-0.15, -0.1) is 0 Å². The summed E-state index contributed by atoms with van der Waals surface area (Å²) in [6.45, 7) is 4.96. The van der Waals surface area contributed by atoms with Crippen LogP contribution in [0, 0.1) is 5.82 Å². The van der Waals surface area contributed by atoms with E-state index in [1.54, 1.807) is 57.3 Å². The number of aromatic nitrogens is 2. The highest BCUT2D eigenvalue weighted by Crippen LogP contribution is 2.47. The Morgan fingerprint density at radius 3 is 2.44 bits per heavy atom. The Hall–Kier alpha value is -4.45. The number of amides is 1. The maximum Gasteiger partial charge on any atom is 0.408 e. The van der Waals surface area contributed by atoms with Crippen LogP contribution < -0.4 is 10.1 Å². The zero-order chi connectivity index (χ0) is 30.9. The number of rotatable bonds is 10. The number of nitrogens with zero attached hydrogens (tertiary/aromatic N) is 2. The first kappa shape index (κ1) is 30.0. The zero-order valence-electron chi connectivity index (χ0n) is 23.9. The number of hydrogen-bond donors (Lipinski definition) is 2. The Kier molecular flexibility index (Phi) is 8.15. The summed E-state index contributed by atoms with van der Waals surface area (Å²) in [5.41, 5.74) is 1.10. The van der Waals surface area contributed by atoms with E-state index in [0.717, 1.165) is 24.5 Å². The van der Waals surface area contributed by atoms with Crippen LogP contribution in [0.3, 0.4) is 0 Å². The summed E-state index contributed by atoms with van der Waals surface area (Å²) in [4.78, 5) is 28.2. The van der Waals surface area contributed by atoms with Crippen LogP contribution in [-0.2, 0) is 31.7 Å². The SMILES string of the molecule is CC(C)(C)OC(=O)NC(Cc1ccc(Oc2ccnc3c2c(C2CC2)cn3S(=O)(=O)Cc2ccccc2)c(F)c1)C(=O)O. The summed E-state index contributed by atoms with van der Waals surface area (Å²) in [6.07, 6.45) is 3.68. The van der Waals surface area contributed by atoms with Gasteiger partial charge in [0.15, 0.2) is 17.2 Å². The van der Waals surface area contributed by atoms with E-state index in [4.69, 9.17) is 9.47 Å². The topological polar surface area (TPSA) is 137 Å². The number of ether oxygens (including phenoxy) is 2. The monoisotopic (exact) mass is 609 g/mol. The number of aliphatic carboxylic acids is 1. The molecule has 1 aliphatic rings. The van der Waals surface area contributed by atoms with Gasteiger partial charge in [0.1, 0.15) is 17.4 Å². The van der Waals surface area contributed by atoms with Crippen LogP contribution >= 0.6 is 0 Å². The zero-order valence-corrected chi connectivity index (χ0v) is 24.7. The molecule has 1 unspecified atom stereocenters. The summed E-state index contributed by atoms with van der Waals surface area (Å²) in [7, 11) is -3.83. The predicted octanol–water partition coefficient (Wildman–Crippen LogP) is 5.74. The number of pyridine rings is 1. The van der Waals surface area contributed by atoms with Crippen LogP contribution in [0.2, 0.25) is 0 Å². The number of nitrogens with one attached hydrogen (secondary N) is 1. The van der Waals surface area contributed by atoms with E-state index in [-0.39, 0.29) is 35.2 Å². The second-order valence-corrected chi connectivity index (χ2v) is 13.4. The Morgan fingerprint density at radius 1 is 1.09 bits per heavy atom. The lowest BCUT2D eigenvalue weighted by atomic mass is 10.1. The second-order valence-electron chi connectivity index (χ2n) is 11.5. The molecule has 2 heterocycles. The van der Waals surface area contributed by atoms with Crippen LogP contribution in [0.1, 0.15) is 56.2 Å². The van der Waals surface area contributed by atoms with Crippen LogP contribution in [0.25, 0.3) is 11.0 Å². The third-order valence-electron chi connectivity index (χ3n) is 6.80. The Morgan fingerprint density at radius 2 is 1.81 bits per heavy atom. The van der Waals surface area contributed by atoms with E-state index in [9.17, 15) is 23.1 Å². The van der Waals surface area contributed by atoms with Gasteiger partial charge in [0.2, 0.25) is 10.0 Å². The summed E-state index contributed by atoms with van der Waals surface area (Å²) < 4.78 is 54.5. The third kappa shape index (κ3) is 7.14. The molecular weight excluding hydrogens is 577 g/mol. The molecule has 1 aliphatic carbocycles. The molecule has 2 aromatic heterocycles. The number of alkyl carbamates (subject to hydrolysis) is 1. The van der Waals surface area contributed by atoms with E-state index in [0.29, 0.717) is 16.5 Å². The molecule has 2 aromatic carbocycles.